The first kappa shape index (κ1) is 19.1. The normalized spacial score (nSPS) is 10.7. The van der Waals surface area contributed by atoms with Crippen LogP contribution in [-0.4, -0.2) is 22.6 Å². The van der Waals surface area contributed by atoms with Gasteiger partial charge in [-0.05, 0) is 72.2 Å². The van der Waals surface area contributed by atoms with E-state index in [1.165, 1.54) is 6.07 Å². The lowest BCUT2D eigenvalue weighted by atomic mass is 10.2. The molecule has 0 atom stereocenters. The molecule has 0 saturated heterocycles. The Kier molecular flexibility index (Phi) is 5.60. The van der Waals surface area contributed by atoms with Gasteiger partial charge in [0.25, 0.3) is 0 Å². The van der Waals surface area contributed by atoms with Gasteiger partial charge in [0, 0.05) is 12.1 Å². The summed E-state index contributed by atoms with van der Waals surface area (Å²) >= 11 is 3.14. The summed E-state index contributed by atoms with van der Waals surface area (Å²) in [6.07, 6.45) is 0. The molecule has 7 heteroatoms. The van der Waals surface area contributed by atoms with Crippen LogP contribution in [0, 0.1) is 12.7 Å². The first-order valence-electron chi connectivity index (χ1n) is 8.33. The molecule has 0 bridgehead atoms. The molecular weight excluding hydrogens is 415 g/mol. The van der Waals surface area contributed by atoms with Crippen molar-refractivity contribution in [2.24, 2.45) is 0 Å². The number of esters is 1. The zero-order valence-electron chi connectivity index (χ0n) is 15.1. The van der Waals surface area contributed by atoms with Gasteiger partial charge in [-0.1, -0.05) is 0 Å². The minimum Gasteiger partial charge on any atom is -0.497 e. The number of benzene rings is 2. The highest BCUT2D eigenvalue weighted by Gasteiger charge is 2.23. The Labute approximate surface area is 164 Å². The Morgan fingerprint density at radius 2 is 1.85 bits per heavy atom. The third-order valence-electron chi connectivity index (χ3n) is 4.10. The fourth-order valence-electron chi connectivity index (χ4n) is 2.79. The molecular formula is C20H18BrFN2O3. The first-order valence-corrected chi connectivity index (χ1v) is 9.12. The van der Waals surface area contributed by atoms with E-state index in [1.807, 2.05) is 6.92 Å². The van der Waals surface area contributed by atoms with Crippen molar-refractivity contribution in [2.45, 2.75) is 20.4 Å². The van der Waals surface area contributed by atoms with E-state index >= 15 is 0 Å². The van der Waals surface area contributed by atoms with Crippen LogP contribution in [0.25, 0.3) is 11.4 Å². The maximum absolute atomic E-state index is 13.9. The fourth-order valence-corrected chi connectivity index (χ4v) is 3.04. The Balaban J connectivity index is 1.96. The number of rotatable bonds is 5. The molecule has 0 unspecified atom stereocenters. The van der Waals surface area contributed by atoms with E-state index in [1.54, 1.807) is 55.0 Å². The van der Waals surface area contributed by atoms with Crippen molar-refractivity contribution in [3.63, 3.8) is 0 Å². The van der Waals surface area contributed by atoms with E-state index in [0.29, 0.717) is 45.3 Å². The van der Waals surface area contributed by atoms with Crippen molar-refractivity contribution >= 4 is 21.9 Å². The summed E-state index contributed by atoms with van der Waals surface area (Å²) < 4.78 is 26.6. The molecule has 0 fully saturated rings. The monoisotopic (exact) mass is 432 g/mol. The van der Waals surface area contributed by atoms with E-state index < -0.39 is 11.8 Å². The molecule has 0 amide bonds. The van der Waals surface area contributed by atoms with Gasteiger partial charge in [-0.25, -0.2) is 14.2 Å². The van der Waals surface area contributed by atoms with Crippen molar-refractivity contribution in [2.75, 3.05) is 7.11 Å². The number of imidazole rings is 1. The van der Waals surface area contributed by atoms with Crippen LogP contribution in [0.5, 0.6) is 11.5 Å². The number of nitrogens with zero attached hydrogens (tertiary/aromatic N) is 2. The average Bonchev–Trinajstić information content (AvgIpc) is 3.01. The number of carbonyl (C=O) groups is 1. The van der Waals surface area contributed by atoms with E-state index in [4.69, 9.17) is 9.47 Å². The van der Waals surface area contributed by atoms with Crippen molar-refractivity contribution in [1.29, 1.82) is 0 Å². The summed E-state index contributed by atoms with van der Waals surface area (Å²) in [5.41, 5.74) is 1.45. The number of aryl methyl sites for hydroxylation is 1. The summed E-state index contributed by atoms with van der Waals surface area (Å²) in [6.45, 7) is 4.11. The van der Waals surface area contributed by atoms with Gasteiger partial charge in [0.15, 0.2) is 5.69 Å². The average molecular weight is 433 g/mol. The summed E-state index contributed by atoms with van der Waals surface area (Å²) in [4.78, 5) is 17.2. The van der Waals surface area contributed by atoms with Crippen LogP contribution in [0.2, 0.25) is 0 Å². The molecule has 2 aromatic carbocycles. The molecule has 5 nitrogen and oxygen atoms in total. The number of aromatic nitrogens is 2. The molecule has 3 rings (SSSR count). The SMILES string of the molecule is CCn1c(-c2ccc(Br)c(F)c2)nc(C)c1C(=O)Oc1ccc(OC)cc1. The zero-order chi connectivity index (χ0) is 19.6. The van der Waals surface area contributed by atoms with Gasteiger partial charge >= 0.3 is 5.97 Å². The van der Waals surface area contributed by atoms with Crippen LogP contribution in [0.15, 0.2) is 46.9 Å². The van der Waals surface area contributed by atoms with Crippen LogP contribution >= 0.6 is 15.9 Å². The van der Waals surface area contributed by atoms with Crippen molar-refractivity contribution < 1.29 is 18.7 Å². The van der Waals surface area contributed by atoms with Gasteiger partial charge in [0.1, 0.15) is 23.1 Å². The molecule has 0 radical (unpaired) electrons. The third-order valence-corrected chi connectivity index (χ3v) is 4.74. The molecule has 1 heterocycles. The number of hydrogen-bond acceptors (Lipinski definition) is 4. The first-order chi connectivity index (χ1) is 12.9. The van der Waals surface area contributed by atoms with Crippen molar-refractivity contribution in [3.8, 4) is 22.9 Å². The molecule has 0 aliphatic heterocycles. The fraction of sp³-hybridized carbons (Fsp3) is 0.200. The third kappa shape index (κ3) is 3.88. The number of carbonyl (C=O) groups excluding carboxylic acids is 1. The second-order valence-corrected chi connectivity index (χ2v) is 6.66. The van der Waals surface area contributed by atoms with Crippen molar-refractivity contribution in [1.82, 2.24) is 9.55 Å². The highest BCUT2D eigenvalue weighted by Crippen LogP contribution is 2.27. The van der Waals surface area contributed by atoms with Gasteiger partial charge in [-0.15, -0.1) is 0 Å². The predicted molar refractivity (Wildman–Crippen MR) is 104 cm³/mol. The van der Waals surface area contributed by atoms with Crippen molar-refractivity contribution in [3.05, 3.63) is 64.1 Å². The van der Waals surface area contributed by atoms with Crippen LogP contribution in [0.1, 0.15) is 23.1 Å². The molecule has 0 aliphatic carbocycles. The van der Waals surface area contributed by atoms with Crippen LogP contribution in [-0.2, 0) is 6.54 Å². The van der Waals surface area contributed by atoms with Gasteiger partial charge < -0.3 is 14.0 Å². The summed E-state index contributed by atoms with van der Waals surface area (Å²) in [7, 11) is 1.57. The molecule has 0 saturated carbocycles. The number of methoxy groups -OCH3 is 1. The summed E-state index contributed by atoms with van der Waals surface area (Å²) in [5.74, 6) is 0.682. The number of ether oxygens (including phenoxy) is 2. The van der Waals surface area contributed by atoms with E-state index in [-0.39, 0.29) is 0 Å². The Morgan fingerprint density at radius 3 is 2.44 bits per heavy atom. The lowest BCUT2D eigenvalue weighted by Crippen LogP contribution is -2.16. The largest absolute Gasteiger partial charge is 0.497 e. The quantitative estimate of drug-likeness (QED) is 0.420. The molecule has 0 spiro atoms. The zero-order valence-corrected chi connectivity index (χ0v) is 16.7. The molecule has 3 aromatic rings. The Bertz CT molecular complexity index is 984. The second kappa shape index (κ2) is 7.92. The van der Waals surface area contributed by atoms with Gasteiger partial charge in [0.05, 0.1) is 17.3 Å². The number of halogens is 2. The van der Waals surface area contributed by atoms with Crippen LogP contribution in [0.3, 0.4) is 0 Å². The minimum absolute atomic E-state index is 0.339. The summed E-state index contributed by atoms with van der Waals surface area (Å²) in [5, 5.41) is 0. The van der Waals surface area contributed by atoms with Gasteiger partial charge in [-0.3, -0.25) is 0 Å². The van der Waals surface area contributed by atoms with E-state index in [0.717, 1.165) is 0 Å². The summed E-state index contributed by atoms with van der Waals surface area (Å²) in [6, 6.07) is 11.5. The molecule has 0 aliphatic rings. The molecule has 140 valence electrons. The van der Waals surface area contributed by atoms with Crippen LogP contribution < -0.4 is 9.47 Å². The minimum atomic E-state index is -0.518. The van der Waals surface area contributed by atoms with E-state index in [9.17, 15) is 9.18 Å². The smallest absolute Gasteiger partial charge is 0.362 e. The van der Waals surface area contributed by atoms with Crippen LogP contribution in [0.4, 0.5) is 4.39 Å². The highest BCUT2D eigenvalue weighted by molar-refractivity contribution is 9.10. The maximum atomic E-state index is 13.9. The Hall–Kier alpha value is -2.67. The van der Waals surface area contributed by atoms with Gasteiger partial charge in [-0.2, -0.15) is 0 Å². The molecule has 0 N–H and O–H groups in total. The standard InChI is InChI=1S/C20H18BrFN2O3/c1-4-24-18(20(25)27-15-8-6-14(26-3)7-9-15)12(2)23-19(24)13-5-10-16(21)17(22)11-13/h5-11H,4H2,1-3H3. The maximum Gasteiger partial charge on any atom is 0.362 e. The topological polar surface area (TPSA) is 53.4 Å². The molecule has 27 heavy (non-hydrogen) atoms. The lowest BCUT2D eigenvalue weighted by Gasteiger charge is -2.10. The predicted octanol–water partition coefficient (Wildman–Crippen LogP) is 5.01. The highest BCUT2D eigenvalue weighted by atomic mass is 79.9. The van der Waals surface area contributed by atoms with Gasteiger partial charge in [0.2, 0.25) is 0 Å². The van der Waals surface area contributed by atoms with E-state index in [2.05, 4.69) is 20.9 Å². The number of hydrogen-bond donors (Lipinski definition) is 0. The lowest BCUT2D eigenvalue weighted by molar-refractivity contribution is 0.0722. The Morgan fingerprint density at radius 1 is 1.19 bits per heavy atom. The molecule has 1 aromatic heterocycles. The second-order valence-electron chi connectivity index (χ2n) is 5.81.